The number of aryl methyl sites for hydroxylation is 1. The second kappa shape index (κ2) is 8.37. The Labute approximate surface area is 206 Å². The first-order valence-electron chi connectivity index (χ1n) is 11.2. The van der Waals surface area contributed by atoms with E-state index in [9.17, 15) is 13.6 Å². The van der Waals surface area contributed by atoms with E-state index in [1.165, 1.54) is 12.3 Å². The van der Waals surface area contributed by atoms with E-state index in [0.29, 0.717) is 35.9 Å². The first-order chi connectivity index (χ1) is 16.6. The number of urea groups is 1. The van der Waals surface area contributed by atoms with Crippen molar-refractivity contribution in [3.05, 3.63) is 58.9 Å². The van der Waals surface area contributed by atoms with Crippen LogP contribution in [-0.4, -0.2) is 45.4 Å². The summed E-state index contributed by atoms with van der Waals surface area (Å²) in [4.78, 5) is 18.8. The van der Waals surface area contributed by atoms with Gasteiger partial charge in [0.15, 0.2) is 11.6 Å². The van der Waals surface area contributed by atoms with Crippen LogP contribution in [0.3, 0.4) is 0 Å². The fraction of sp³-hybridized carbons (Fsp3) is 0.375. The second-order valence-electron chi connectivity index (χ2n) is 9.55. The van der Waals surface area contributed by atoms with Gasteiger partial charge in [-0.3, -0.25) is 4.68 Å². The average Bonchev–Trinajstić information content (AvgIpc) is 3.33. The lowest BCUT2D eigenvalue weighted by atomic mass is 9.76. The molecule has 0 unspecified atom stereocenters. The molecule has 1 aromatic carbocycles. The van der Waals surface area contributed by atoms with Crippen molar-refractivity contribution < 1.29 is 18.3 Å². The highest BCUT2D eigenvalue weighted by molar-refractivity contribution is 6.31. The van der Waals surface area contributed by atoms with Gasteiger partial charge in [0.25, 0.3) is 0 Å². The van der Waals surface area contributed by atoms with Crippen LogP contribution in [0.15, 0.2) is 42.6 Å². The van der Waals surface area contributed by atoms with Crippen LogP contribution < -0.4 is 15.8 Å². The third kappa shape index (κ3) is 4.16. The van der Waals surface area contributed by atoms with Crippen LogP contribution in [0.25, 0.3) is 11.3 Å². The number of fused-ring (bicyclic) bond motifs is 2. The number of nitrogens with one attached hydrogen (secondary N) is 1. The molecule has 3 aromatic rings. The molecule has 0 saturated carbocycles. The van der Waals surface area contributed by atoms with Gasteiger partial charge in [-0.25, -0.2) is 9.78 Å². The molecule has 184 valence electrons. The van der Waals surface area contributed by atoms with Gasteiger partial charge in [0.05, 0.1) is 11.2 Å². The molecule has 35 heavy (non-hydrogen) atoms. The molecule has 2 aliphatic rings. The summed E-state index contributed by atoms with van der Waals surface area (Å²) in [6, 6.07) is 10.6. The topological polar surface area (TPSA) is 98.3 Å². The minimum absolute atomic E-state index is 0.113. The van der Waals surface area contributed by atoms with Gasteiger partial charge in [0, 0.05) is 47.5 Å². The Balaban J connectivity index is 1.30. The number of rotatable bonds is 5. The minimum Gasteiger partial charge on any atom is -0.431 e. The predicted molar refractivity (Wildman–Crippen MR) is 127 cm³/mol. The summed E-state index contributed by atoms with van der Waals surface area (Å²) < 4.78 is 31.7. The third-order valence-corrected chi connectivity index (χ3v) is 7.09. The van der Waals surface area contributed by atoms with Crippen molar-refractivity contribution in [2.45, 2.75) is 44.4 Å². The number of anilines is 1. The number of carbonyl (C=O) groups is 1. The van der Waals surface area contributed by atoms with E-state index in [4.69, 9.17) is 17.3 Å². The number of hydrogen-bond acceptors (Lipinski definition) is 5. The molecular weight excluding hydrogens is 478 g/mol. The number of carbonyl (C=O) groups excluding carboxylic acids is 1. The zero-order chi connectivity index (χ0) is 25.0. The van der Waals surface area contributed by atoms with Crippen LogP contribution in [0.5, 0.6) is 5.75 Å². The number of nitrogens with two attached hydrogens (primary N) is 1. The molecular formula is C24H25ClF2N6O2. The van der Waals surface area contributed by atoms with Crippen LogP contribution in [0.2, 0.25) is 5.02 Å². The number of pyridine rings is 1. The molecule has 0 atom stereocenters. The third-order valence-electron chi connectivity index (χ3n) is 6.76. The van der Waals surface area contributed by atoms with Crippen LogP contribution in [0.4, 0.5) is 19.4 Å². The van der Waals surface area contributed by atoms with Gasteiger partial charge < -0.3 is 20.7 Å². The Kier molecular flexibility index (Phi) is 5.58. The Hall–Kier alpha value is -3.40. The number of benzene rings is 1. The highest BCUT2D eigenvalue weighted by Crippen LogP contribution is 2.44. The number of likely N-dealkylation sites (tertiary alicyclic amines) is 1. The zero-order valence-corrected chi connectivity index (χ0v) is 20.0. The smallest absolute Gasteiger partial charge is 0.387 e. The van der Waals surface area contributed by atoms with Crippen molar-refractivity contribution in [3.63, 3.8) is 0 Å². The summed E-state index contributed by atoms with van der Waals surface area (Å²) in [7, 11) is 0. The fourth-order valence-electron chi connectivity index (χ4n) is 4.92. The number of aromatic nitrogens is 3. The Morgan fingerprint density at radius 2 is 2.03 bits per heavy atom. The van der Waals surface area contributed by atoms with Gasteiger partial charge in [-0.1, -0.05) is 29.8 Å². The summed E-state index contributed by atoms with van der Waals surface area (Å²) in [5, 5.41) is 8.32. The standard InChI is InChI=1S/C24H25ClF2N6O2/c1-23(2,15-5-3-4-6-16(15)25)30-22(34)32-12-24(13-32)7-8-33-19(24)10-17(31-33)14-9-18(35-21(26)27)20(28)29-11-14/h3-6,9-11,21H,7-8,12-13H2,1-2H3,(H2,28,29)(H,30,34). The number of nitrogen functional groups attached to an aromatic ring is 1. The van der Waals surface area contributed by atoms with E-state index in [1.54, 1.807) is 11.0 Å². The number of amides is 2. The summed E-state index contributed by atoms with van der Waals surface area (Å²) >= 11 is 6.34. The van der Waals surface area contributed by atoms with Crippen molar-refractivity contribution in [2.75, 3.05) is 18.8 Å². The van der Waals surface area contributed by atoms with Crippen molar-refractivity contribution in [1.82, 2.24) is 25.0 Å². The fourth-order valence-corrected chi connectivity index (χ4v) is 5.29. The molecule has 11 heteroatoms. The van der Waals surface area contributed by atoms with E-state index in [-0.39, 0.29) is 23.0 Å². The van der Waals surface area contributed by atoms with Crippen LogP contribution in [-0.2, 0) is 17.5 Å². The molecule has 1 spiro atoms. The SMILES string of the molecule is CC(C)(NC(=O)N1CC2(CCn3nc(-c4cnc(N)c(OC(F)F)c4)cc32)C1)c1ccccc1Cl. The Morgan fingerprint density at radius 1 is 1.29 bits per heavy atom. The van der Waals surface area contributed by atoms with E-state index < -0.39 is 12.2 Å². The van der Waals surface area contributed by atoms with Crippen LogP contribution in [0.1, 0.15) is 31.5 Å². The highest BCUT2D eigenvalue weighted by Gasteiger charge is 2.51. The molecule has 1 fully saturated rings. The molecule has 0 radical (unpaired) electrons. The van der Waals surface area contributed by atoms with Crippen molar-refractivity contribution >= 4 is 23.4 Å². The van der Waals surface area contributed by atoms with E-state index in [2.05, 4.69) is 20.1 Å². The molecule has 2 amide bonds. The van der Waals surface area contributed by atoms with Gasteiger partial charge in [-0.2, -0.15) is 13.9 Å². The monoisotopic (exact) mass is 502 g/mol. The molecule has 0 aliphatic carbocycles. The quantitative estimate of drug-likeness (QED) is 0.539. The molecule has 2 aromatic heterocycles. The molecule has 3 N–H and O–H groups in total. The number of ether oxygens (including phenoxy) is 1. The maximum Gasteiger partial charge on any atom is 0.387 e. The average molecular weight is 503 g/mol. The van der Waals surface area contributed by atoms with E-state index >= 15 is 0 Å². The maximum absolute atomic E-state index is 13.0. The summed E-state index contributed by atoms with van der Waals surface area (Å²) in [6.45, 7) is 2.67. The van der Waals surface area contributed by atoms with Crippen molar-refractivity contribution in [1.29, 1.82) is 0 Å². The molecule has 0 bridgehead atoms. The van der Waals surface area contributed by atoms with Gasteiger partial charge >= 0.3 is 12.6 Å². The lowest BCUT2D eigenvalue weighted by Gasteiger charge is -2.48. The van der Waals surface area contributed by atoms with Crippen molar-refractivity contribution in [2.24, 2.45) is 0 Å². The second-order valence-corrected chi connectivity index (χ2v) is 9.95. The van der Waals surface area contributed by atoms with Crippen molar-refractivity contribution in [3.8, 4) is 17.0 Å². The molecule has 5 rings (SSSR count). The zero-order valence-electron chi connectivity index (χ0n) is 19.3. The molecule has 1 saturated heterocycles. The Bertz CT molecular complexity index is 1290. The number of halogens is 3. The molecule has 4 heterocycles. The minimum atomic E-state index is -3.00. The first-order valence-corrected chi connectivity index (χ1v) is 11.6. The summed E-state index contributed by atoms with van der Waals surface area (Å²) in [5.41, 5.74) is 7.80. The van der Waals surface area contributed by atoms with E-state index in [1.807, 2.05) is 42.8 Å². The van der Waals surface area contributed by atoms with Gasteiger partial charge in [0.2, 0.25) is 0 Å². The summed E-state index contributed by atoms with van der Waals surface area (Å²) in [6.07, 6.45) is 2.35. The number of hydrogen-bond donors (Lipinski definition) is 2. The molecule has 8 nitrogen and oxygen atoms in total. The normalized spacial score (nSPS) is 16.3. The highest BCUT2D eigenvalue weighted by atomic mass is 35.5. The maximum atomic E-state index is 13.0. The van der Waals surface area contributed by atoms with Crippen LogP contribution in [0, 0.1) is 0 Å². The molecule has 2 aliphatic heterocycles. The predicted octanol–water partition coefficient (Wildman–Crippen LogP) is 4.38. The van der Waals surface area contributed by atoms with Crippen LogP contribution >= 0.6 is 11.6 Å². The lowest BCUT2D eigenvalue weighted by Crippen LogP contribution is -2.64. The van der Waals surface area contributed by atoms with Gasteiger partial charge in [0.1, 0.15) is 0 Å². The first kappa shape index (κ1) is 23.3. The largest absolute Gasteiger partial charge is 0.431 e. The summed E-state index contributed by atoms with van der Waals surface area (Å²) in [5.74, 6) is -0.300. The number of nitrogens with zero attached hydrogens (tertiary/aromatic N) is 4. The lowest BCUT2D eigenvalue weighted by molar-refractivity contribution is -0.0494. The van der Waals surface area contributed by atoms with Gasteiger partial charge in [-0.05, 0) is 44.0 Å². The van der Waals surface area contributed by atoms with E-state index in [0.717, 1.165) is 17.7 Å². The Morgan fingerprint density at radius 3 is 2.74 bits per heavy atom. The van der Waals surface area contributed by atoms with Gasteiger partial charge in [-0.15, -0.1) is 0 Å². The number of alkyl halides is 2.